The van der Waals surface area contributed by atoms with E-state index in [0.29, 0.717) is 0 Å². The topological polar surface area (TPSA) is 79.4 Å². The third kappa shape index (κ3) is 5.35. The molecule has 7 nitrogen and oxygen atoms in total. The fourth-order valence-electron chi connectivity index (χ4n) is 4.46. The van der Waals surface area contributed by atoms with Gasteiger partial charge in [0, 0.05) is 47.0 Å². The summed E-state index contributed by atoms with van der Waals surface area (Å²) < 4.78 is 6.47. The van der Waals surface area contributed by atoms with Gasteiger partial charge in [-0.3, -0.25) is 4.79 Å². The van der Waals surface area contributed by atoms with Gasteiger partial charge in [-0.15, -0.1) is 11.3 Å². The smallest absolute Gasteiger partial charge is 0.227 e. The molecule has 0 unspecified atom stereocenters. The van der Waals surface area contributed by atoms with E-state index in [1.807, 2.05) is 18.2 Å². The van der Waals surface area contributed by atoms with E-state index >= 15 is 0 Å². The van der Waals surface area contributed by atoms with Crippen LogP contribution in [0.2, 0.25) is 0 Å². The molecule has 4 aromatic rings. The molecule has 2 fully saturated rings. The molecule has 2 N–H and O–H groups in total. The second-order valence-electron chi connectivity index (χ2n) is 9.53. The molecule has 0 bridgehead atoms. The highest BCUT2D eigenvalue weighted by molar-refractivity contribution is 7.18. The first-order chi connectivity index (χ1) is 18.1. The Morgan fingerprint density at radius 2 is 1.78 bits per heavy atom. The monoisotopic (exact) mass is 511 g/mol. The van der Waals surface area contributed by atoms with Gasteiger partial charge in [0.15, 0.2) is 5.82 Å². The predicted molar refractivity (Wildman–Crippen MR) is 152 cm³/mol. The molecule has 0 radical (unpaired) electrons. The highest BCUT2D eigenvalue weighted by Gasteiger charge is 2.29. The number of anilines is 4. The Morgan fingerprint density at radius 1 is 1.03 bits per heavy atom. The fraction of sp³-hybridized carbons (Fsp3) is 0.276. The number of fused-ring (bicyclic) bond motifs is 1. The van der Waals surface area contributed by atoms with Gasteiger partial charge in [0.05, 0.1) is 23.4 Å². The molecular weight excluding hydrogens is 482 g/mol. The van der Waals surface area contributed by atoms with Crippen molar-refractivity contribution in [2.45, 2.75) is 19.8 Å². The zero-order valence-corrected chi connectivity index (χ0v) is 21.6. The summed E-state index contributed by atoms with van der Waals surface area (Å²) in [5.41, 5.74) is 7.21. The van der Waals surface area contributed by atoms with Gasteiger partial charge in [-0.05, 0) is 67.3 Å². The lowest BCUT2D eigenvalue weighted by Gasteiger charge is -2.28. The molecule has 1 saturated heterocycles. The number of amides is 1. The number of benzene rings is 2. The number of thiophene rings is 1. The normalized spacial score (nSPS) is 15.9. The maximum absolute atomic E-state index is 12.2. The maximum atomic E-state index is 12.2. The van der Waals surface area contributed by atoms with E-state index in [-0.39, 0.29) is 11.8 Å². The van der Waals surface area contributed by atoms with E-state index in [0.717, 1.165) is 83.2 Å². The third-order valence-electron chi connectivity index (χ3n) is 6.82. The lowest BCUT2D eigenvalue weighted by atomic mass is 10.1. The number of aryl methyl sites for hydroxylation is 1. The molecule has 0 atom stereocenters. The minimum absolute atomic E-state index is 0.120. The second-order valence-corrected chi connectivity index (χ2v) is 10.4. The van der Waals surface area contributed by atoms with Crippen LogP contribution >= 0.6 is 11.3 Å². The molecular formula is C29H29N5O2S. The Hall–Kier alpha value is -3.75. The van der Waals surface area contributed by atoms with Gasteiger partial charge in [-0.1, -0.05) is 18.2 Å². The number of aromatic nitrogens is 2. The standard InChI is InChI=1S/C29H29N5O2S/c1-19-2-7-24(33-29(35)20-3-4-20)16-21(19)5-6-22-17-37-27-26(22)30-18-31-28(27)32-23-8-10-25(11-9-23)34-12-14-36-15-13-34/h2,5-11,16-18,20H,3-4,12-15H2,1H3,(H,33,35)(H,30,31,32)/b6-5+. The summed E-state index contributed by atoms with van der Waals surface area (Å²) in [4.78, 5) is 23.6. The Bertz CT molecular complexity index is 1450. The molecule has 1 amide bonds. The molecule has 0 spiro atoms. The van der Waals surface area contributed by atoms with Crippen LogP contribution in [0.5, 0.6) is 0 Å². The quantitative estimate of drug-likeness (QED) is 0.312. The van der Waals surface area contributed by atoms with Gasteiger partial charge in [0.2, 0.25) is 5.91 Å². The molecule has 8 heteroatoms. The summed E-state index contributed by atoms with van der Waals surface area (Å²) in [6, 6.07) is 14.5. The van der Waals surface area contributed by atoms with Crippen LogP contribution in [0, 0.1) is 12.8 Å². The van der Waals surface area contributed by atoms with Crippen LogP contribution in [0.25, 0.3) is 22.4 Å². The molecule has 2 aromatic carbocycles. The van der Waals surface area contributed by atoms with E-state index in [2.05, 4.69) is 74.2 Å². The number of carbonyl (C=O) groups is 1. The summed E-state index contributed by atoms with van der Waals surface area (Å²) in [6.45, 7) is 5.46. The van der Waals surface area contributed by atoms with Gasteiger partial charge in [0.25, 0.3) is 0 Å². The highest BCUT2D eigenvalue weighted by Crippen LogP contribution is 2.33. The van der Waals surface area contributed by atoms with Crippen LogP contribution in [0.4, 0.5) is 22.9 Å². The number of nitrogens with zero attached hydrogens (tertiary/aromatic N) is 3. The molecule has 1 aliphatic carbocycles. The first-order valence-corrected chi connectivity index (χ1v) is 13.5. The zero-order valence-electron chi connectivity index (χ0n) is 20.7. The van der Waals surface area contributed by atoms with Gasteiger partial charge in [-0.2, -0.15) is 0 Å². The van der Waals surface area contributed by atoms with Crippen LogP contribution in [0.1, 0.15) is 29.5 Å². The van der Waals surface area contributed by atoms with Crippen molar-refractivity contribution in [3.05, 3.63) is 70.9 Å². The maximum Gasteiger partial charge on any atom is 0.227 e. The second kappa shape index (κ2) is 10.3. The number of hydrogen-bond acceptors (Lipinski definition) is 7. The average molecular weight is 512 g/mol. The third-order valence-corrected chi connectivity index (χ3v) is 7.82. The first-order valence-electron chi connectivity index (χ1n) is 12.7. The Labute approximate surface area is 220 Å². The van der Waals surface area contributed by atoms with Crippen LogP contribution in [0.15, 0.2) is 54.2 Å². The summed E-state index contributed by atoms with van der Waals surface area (Å²) in [6.07, 6.45) is 7.77. The van der Waals surface area contributed by atoms with Crippen molar-refractivity contribution in [1.29, 1.82) is 0 Å². The zero-order chi connectivity index (χ0) is 25.2. The van der Waals surface area contributed by atoms with Crippen molar-refractivity contribution < 1.29 is 9.53 Å². The number of morpholine rings is 1. The average Bonchev–Trinajstić information content (AvgIpc) is 3.70. The van der Waals surface area contributed by atoms with E-state index in [1.54, 1.807) is 17.7 Å². The minimum Gasteiger partial charge on any atom is -0.378 e. The lowest BCUT2D eigenvalue weighted by Crippen LogP contribution is -2.36. The Kier molecular flexibility index (Phi) is 6.59. The van der Waals surface area contributed by atoms with Gasteiger partial charge in [-0.25, -0.2) is 9.97 Å². The molecule has 1 saturated carbocycles. The number of ether oxygens (including phenoxy) is 1. The lowest BCUT2D eigenvalue weighted by molar-refractivity contribution is -0.117. The van der Waals surface area contributed by atoms with Gasteiger partial charge >= 0.3 is 0 Å². The molecule has 6 rings (SSSR count). The van der Waals surface area contributed by atoms with Crippen molar-refractivity contribution in [3.8, 4) is 0 Å². The van der Waals surface area contributed by atoms with E-state index in [9.17, 15) is 4.79 Å². The van der Waals surface area contributed by atoms with Crippen LogP contribution in [-0.4, -0.2) is 42.2 Å². The van der Waals surface area contributed by atoms with E-state index in [1.165, 1.54) is 5.69 Å². The molecule has 37 heavy (non-hydrogen) atoms. The molecule has 2 aliphatic rings. The summed E-state index contributed by atoms with van der Waals surface area (Å²) in [5, 5.41) is 8.61. The molecule has 2 aromatic heterocycles. The van der Waals surface area contributed by atoms with Crippen LogP contribution < -0.4 is 15.5 Å². The summed E-state index contributed by atoms with van der Waals surface area (Å²) in [7, 11) is 0. The SMILES string of the molecule is Cc1ccc(NC(=O)C2CC2)cc1/C=C/c1csc2c(Nc3ccc(N4CCOCC4)cc3)ncnc12. The van der Waals surface area contributed by atoms with Crippen molar-refractivity contribution in [2.24, 2.45) is 5.92 Å². The molecule has 1 aliphatic heterocycles. The highest BCUT2D eigenvalue weighted by atomic mass is 32.1. The summed E-state index contributed by atoms with van der Waals surface area (Å²) in [5.74, 6) is 1.10. The minimum atomic E-state index is 0.120. The molecule has 188 valence electrons. The van der Waals surface area contributed by atoms with Gasteiger partial charge in [0.1, 0.15) is 6.33 Å². The Morgan fingerprint density at radius 3 is 2.57 bits per heavy atom. The first kappa shape index (κ1) is 23.6. The predicted octanol–water partition coefficient (Wildman–Crippen LogP) is 6.10. The number of hydrogen-bond donors (Lipinski definition) is 2. The number of rotatable bonds is 7. The van der Waals surface area contributed by atoms with Crippen molar-refractivity contribution in [2.75, 3.05) is 41.8 Å². The van der Waals surface area contributed by atoms with Crippen molar-refractivity contribution in [3.63, 3.8) is 0 Å². The molecule has 3 heterocycles. The fourth-order valence-corrected chi connectivity index (χ4v) is 5.39. The largest absolute Gasteiger partial charge is 0.378 e. The van der Waals surface area contributed by atoms with E-state index < -0.39 is 0 Å². The van der Waals surface area contributed by atoms with Crippen molar-refractivity contribution in [1.82, 2.24) is 9.97 Å². The van der Waals surface area contributed by atoms with E-state index in [4.69, 9.17) is 4.74 Å². The van der Waals surface area contributed by atoms with Crippen LogP contribution in [-0.2, 0) is 9.53 Å². The van der Waals surface area contributed by atoms with Crippen molar-refractivity contribution >= 4 is 62.5 Å². The van der Waals surface area contributed by atoms with Gasteiger partial charge < -0.3 is 20.3 Å². The Balaban J connectivity index is 1.19. The summed E-state index contributed by atoms with van der Waals surface area (Å²) >= 11 is 1.63. The number of carbonyl (C=O) groups excluding carboxylic acids is 1. The van der Waals surface area contributed by atoms with Crippen LogP contribution in [0.3, 0.4) is 0 Å². The number of nitrogens with one attached hydrogen (secondary N) is 2.